The van der Waals surface area contributed by atoms with Crippen LogP contribution in [-0.4, -0.2) is 22.4 Å². The standard InChI is InChI=1S/C12H26O2/c1-9(2)6-10(13)7-11(14)8-12(3,4)5/h9-11,13-14H,6-8H2,1-5H3/t10-,11-/m0/s1. The molecular formula is C12H26O2. The summed E-state index contributed by atoms with van der Waals surface area (Å²) in [6.07, 6.45) is 1.31. The molecule has 0 radical (unpaired) electrons. The summed E-state index contributed by atoms with van der Waals surface area (Å²) in [6, 6.07) is 0. The molecule has 0 aromatic rings. The van der Waals surface area contributed by atoms with Crippen molar-refractivity contribution in [2.75, 3.05) is 0 Å². The Bertz CT molecular complexity index is 147. The zero-order chi connectivity index (χ0) is 11.4. The van der Waals surface area contributed by atoms with Gasteiger partial charge in [0, 0.05) is 0 Å². The third-order valence-corrected chi connectivity index (χ3v) is 2.14. The fraction of sp³-hybridized carbons (Fsp3) is 1.00. The molecule has 2 atom stereocenters. The fourth-order valence-corrected chi connectivity index (χ4v) is 1.74. The molecule has 0 bridgehead atoms. The Labute approximate surface area is 88.3 Å². The van der Waals surface area contributed by atoms with Gasteiger partial charge < -0.3 is 10.2 Å². The van der Waals surface area contributed by atoms with Crippen LogP contribution in [0.2, 0.25) is 0 Å². The van der Waals surface area contributed by atoms with Gasteiger partial charge in [-0.1, -0.05) is 34.6 Å². The summed E-state index contributed by atoms with van der Waals surface area (Å²) >= 11 is 0. The molecule has 0 saturated heterocycles. The second kappa shape index (κ2) is 5.72. The van der Waals surface area contributed by atoms with Crippen molar-refractivity contribution in [1.82, 2.24) is 0 Å². The third kappa shape index (κ3) is 8.52. The van der Waals surface area contributed by atoms with Gasteiger partial charge in [0.05, 0.1) is 12.2 Å². The van der Waals surface area contributed by atoms with Gasteiger partial charge in [0.1, 0.15) is 0 Å². The van der Waals surface area contributed by atoms with E-state index < -0.39 is 0 Å². The van der Waals surface area contributed by atoms with Crippen LogP contribution >= 0.6 is 0 Å². The highest BCUT2D eigenvalue weighted by molar-refractivity contribution is 4.71. The summed E-state index contributed by atoms with van der Waals surface area (Å²) in [5, 5.41) is 19.3. The van der Waals surface area contributed by atoms with Crippen molar-refractivity contribution in [3.8, 4) is 0 Å². The SMILES string of the molecule is CC(C)C[C@H](O)C[C@H](O)CC(C)(C)C. The maximum Gasteiger partial charge on any atom is 0.0569 e. The molecule has 0 aliphatic rings. The maximum atomic E-state index is 9.71. The Kier molecular flexibility index (Phi) is 5.68. The highest BCUT2D eigenvalue weighted by atomic mass is 16.3. The van der Waals surface area contributed by atoms with Gasteiger partial charge in [0.15, 0.2) is 0 Å². The second-order valence-electron chi connectivity index (χ2n) is 5.94. The van der Waals surface area contributed by atoms with Crippen LogP contribution in [0.5, 0.6) is 0 Å². The van der Waals surface area contributed by atoms with Gasteiger partial charge in [-0.25, -0.2) is 0 Å². The lowest BCUT2D eigenvalue weighted by Gasteiger charge is -2.24. The molecule has 0 saturated carbocycles. The van der Waals surface area contributed by atoms with Gasteiger partial charge in [-0.15, -0.1) is 0 Å². The largest absolute Gasteiger partial charge is 0.393 e. The van der Waals surface area contributed by atoms with Crippen LogP contribution in [0.15, 0.2) is 0 Å². The van der Waals surface area contributed by atoms with E-state index in [1.165, 1.54) is 0 Å². The first-order valence-corrected chi connectivity index (χ1v) is 5.57. The molecule has 0 spiro atoms. The third-order valence-electron chi connectivity index (χ3n) is 2.14. The van der Waals surface area contributed by atoms with Gasteiger partial charge in [0.2, 0.25) is 0 Å². The van der Waals surface area contributed by atoms with Crippen molar-refractivity contribution in [3.63, 3.8) is 0 Å². The van der Waals surface area contributed by atoms with E-state index in [1.54, 1.807) is 0 Å². The van der Waals surface area contributed by atoms with Crippen LogP contribution in [0.3, 0.4) is 0 Å². The Morgan fingerprint density at radius 2 is 1.43 bits per heavy atom. The average Bonchev–Trinajstić information content (AvgIpc) is 1.77. The lowest BCUT2D eigenvalue weighted by Crippen LogP contribution is -2.23. The molecule has 0 aromatic carbocycles. The Balaban J connectivity index is 3.76. The number of hydrogen-bond donors (Lipinski definition) is 2. The second-order valence-corrected chi connectivity index (χ2v) is 5.94. The molecule has 2 heteroatoms. The van der Waals surface area contributed by atoms with Gasteiger partial charge >= 0.3 is 0 Å². The van der Waals surface area contributed by atoms with Crippen molar-refractivity contribution in [2.24, 2.45) is 11.3 Å². The van der Waals surface area contributed by atoms with E-state index in [-0.39, 0.29) is 17.6 Å². The summed E-state index contributed by atoms with van der Waals surface area (Å²) in [5.41, 5.74) is 0.136. The van der Waals surface area contributed by atoms with Crippen molar-refractivity contribution in [2.45, 2.75) is 66.1 Å². The quantitative estimate of drug-likeness (QED) is 0.719. The first kappa shape index (κ1) is 13.9. The van der Waals surface area contributed by atoms with E-state index in [0.717, 1.165) is 12.8 Å². The fourth-order valence-electron chi connectivity index (χ4n) is 1.74. The van der Waals surface area contributed by atoms with E-state index >= 15 is 0 Å². The molecule has 0 heterocycles. The average molecular weight is 202 g/mol. The molecule has 0 amide bonds. The van der Waals surface area contributed by atoms with Crippen LogP contribution < -0.4 is 0 Å². The predicted molar refractivity (Wildman–Crippen MR) is 60.2 cm³/mol. The molecule has 0 rings (SSSR count). The number of rotatable bonds is 5. The Morgan fingerprint density at radius 3 is 1.79 bits per heavy atom. The minimum Gasteiger partial charge on any atom is -0.393 e. The Hall–Kier alpha value is -0.0800. The summed E-state index contributed by atoms with van der Waals surface area (Å²) in [6.45, 7) is 10.5. The normalized spacial score (nSPS) is 17.1. The Morgan fingerprint density at radius 1 is 0.929 bits per heavy atom. The van der Waals surface area contributed by atoms with Gasteiger partial charge in [-0.2, -0.15) is 0 Å². The van der Waals surface area contributed by atoms with Crippen LogP contribution in [0.25, 0.3) is 0 Å². The van der Waals surface area contributed by atoms with Crippen molar-refractivity contribution in [3.05, 3.63) is 0 Å². The first-order valence-electron chi connectivity index (χ1n) is 5.57. The summed E-state index contributed by atoms with van der Waals surface area (Å²) in [7, 11) is 0. The summed E-state index contributed by atoms with van der Waals surface area (Å²) < 4.78 is 0. The molecule has 0 fully saturated rings. The molecule has 2 nitrogen and oxygen atoms in total. The molecule has 0 aliphatic carbocycles. The maximum absolute atomic E-state index is 9.71. The van der Waals surface area contributed by atoms with E-state index in [0.29, 0.717) is 12.3 Å². The number of hydrogen-bond acceptors (Lipinski definition) is 2. The lowest BCUT2D eigenvalue weighted by molar-refractivity contribution is 0.0467. The summed E-state index contributed by atoms with van der Waals surface area (Å²) in [5.74, 6) is 0.492. The number of aliphatic hydroxyl groups excluding tert-OH is 2. The monoisotopic (exact) mass is 202 g/mol. The van der Waals surface area contributed by atoms with Crippen molar-refractivity contribution in [1.29, 1.82) is 0 Å². The van der Waals surface area contributed by atoms with Gasteiger partial charge in [-0.3, -0.25) is 0 Å². The van der Waals surface area contributed by atoms with Gasteiger partial charge in [0.25, 0.3) is 0 Å². The van der Waals surface area contributed by atoms with E-state index in [4.69, 9.17) is 0 Å². The van der Waals surface area contributed by atoms with Crippen molar-refractivity contribution >= 4 is 0 Å². The van der Waals surface area contributed by atoms with E-state index in [9.17, 15) is 10.2 Å². The van der Waals surface area contributed by atoms with Crippen LogP contribution in [0.1, 0.15) is 53.9 Å². The van der Waals surface area contributed by atoms with E-state index in [2.05, 4.69) is 34.6 Å². The lowest BCUT2D eigenvalue weighted by atomic mass is 9.87. The molecule has 0 aromatic heterocycles. The molecule has 2 N–H and O–H groups in total. The zero-order valence-corrected chi connectivity index (χ0v) is 10.2. The molecule has 0 aliphatic heterocycles. The highest BCUT2D eigenvalue weighted by Crippen LogP contribution is 2.23. The zero-order valence-electron chi connectivity index (χ0n) is 10.2. The topological polar surface area (TPSA) is 40.5 Å². The summed E-state index contributed by atoms with van der Waals surface area (Å²) in [4.78, 5) is 0. The number of aliphatic hydroxyl groups is 2. The van der Waals surface area contributed by atoms with Crippen LogP contribution in [-0.2, 0) is 0 Å². The molecule has 0 unspecified atom stereocenters. The first-order chi connectivity index (χ1) is 6.20. The van der Waals surface area contributed by atoms with Crippen LogP contribution in [0.4, 0.5) is 0 Å². The molecular weight excluding hydrogens is 176 g/mol. The molecule has 14 heavy (non-hydrogen) atoms. The highest BCUT2D eigenvalue weighted by Gasteiger charge is 2.19. The van der Waals surface area contributed by atoms with Crippen LogP contribution in [0, 0.1) is 11.3 Å². The predicted octanol–water partition coefficient (Wildman–Crippen LogP) is 2.58. The minimum atomic E-state index is -0.372. The van der Waals surface area contributed by atoms with Gasteiger partial charge in [-0.05, 0) is 30.6 Å². The van der Waals surface area contributed by atoms with E-state index in [1.807, 2.05) is 0 Å². The smallest absolute Gasteiger partial charge is 0.0569 e. The minimum absolute atomic E-state index is 0.136. The molecule has 86 valence electrons. The van der Waals surface area contributed by atoms with Crippen molar-refractivity contribution < 1.29 is 10.2 Å².